The highest BCUT2D eigenvalue weighted by atomic mass is 35.5. The van der Waals surface area contributed by atoms with Crippen molar-refractivity contribution in [3.05, 3.63) is 35.9 Å². The molecule has 1 rings (SSSR count). The Morgan fingerprint density at radius 2 is 1.71 bits per heavy atom. The number of hydrogen-bond donors (Lipinski definition) is 2. The Morgan fingerprint density at radius 3 is 2.14 bits per heavy atom. The molecule has 1 atom stereocenters. The van der Waals surface area contributed by atoms with E-state index in [1.54, 1.807) is 14.2 Å². The summed E-state index contributed by atoms with van der Waals surface area (Å²) in [5, 5.41) is 0. The SMILES string of the molecule is CCC(N)(O[Si](CCCN)(OC)OC)c1ccccc1.Cl. The zero-order valence-corrected chi connectivity index (χ0v) is 14.8. The van der Waals surface area contributed by atoms with Crippen LogP contribution >= 0.6 is 12.4 Å². The number of benzene rings is 1. The monoisotopic (exact) mass is 334 g/mol. The molecule has 1 unspecified atom stereocenters. The van der Waals surface area contributed by atoms with Crippen LogP contribution in [0.1, 0.15) is 25.3 Å². The third kappa shape index (κ3) is 5.34. The van der Waals surface area contributed by atoms with E-state index in [1.807, 2.05) is 37.3 Å². The third-order valence-corrected chi connectivity index (χ3v) is 6.32. The highest BCUT2D eigenvalue weighted by Gasteiger charge is 2.45. The minimum atomic E-state index is -2.81. The van der Waals surface area contributed by atoms with Crippen LogP contribution in [-0.2, 0) is 19.0 Å². The van der Waals surface area contributed by atoms with Gasteiger partial charge in [0.05, 0.1) is 0 Å². The quantitative estimate of drug-likeness (QED) is 0.534. The van der Waals surface area contributed by atoms with Gasteiger partial charge in [0.15, 0.2) is 0 Å². The van der Waals surface area contributed by atoms with Crippen LogP contribution in [0.15, 0.2) is 30.3 Å². The number of nitrogens with two attached hydrogens (primary N) is 2. The first-order valence-electron chi connectivity index (χ1n) is 6.90. The van der Waals surface area contributed by atoms with Crippen LogP contribution in [0.25, 0.3) is 0 Å². The fraction of sp³-hybridized carbons (Fsp3) is 0.571. The Kier molecular flexibility index (Phi) is 9.31. The molecule has 0 aliphatic rings. The molecule has 0 spiro atoms. The molecule has 122 valence electrons. The summed E-state index contributed by atoms with van der Waals surface area (Å²) in [5.41, 5.74) is 12.0. The van der Waals surface area contributed by atoms with Crippen LogP contribution in [-0.4, -0.2) is 29.6 Å². The van der Waals surface area contributed by atoms with E-state index in [0.717, 1.165) is 12.0 Å². The Morgan fingerprint density at radius 1 is 1.14 bits per heavy atom. The van der Waals surface area contributed by atoms with E-state index in [9.17, 15) is 0 Å². The Balaban J connectivity index is 0.00000400. The number of hydrogen-bond acceptors (Lipinski definition) is 5. The van der Waals surface area contributed by atoms with Crippen molar-refractivity contribution in [3.8, 4) is 0 Å². The molecule has 21 heavy (non-hydrogen) atoms. The maximum atomic E-state index is 6.45. The molecule has 0 amide bonds. The van der Waals surface area contributed by atoms with Crippen LogP contribution in [0.3, 0.4) is 0 Å². The maximum absolute atomic E-state index is 6.45. The van der Waals surface area contributed by atoms with Crippen LogP contribution in [0.4, 0.5) is 0 Å². The van der Waals surface area contributed by atoms with Gasteiger partial charge in [0, 0.05) is 20.3 Å². The molecule has 0 fully saturated rings. The fourth-order valence-corrected chi connectivity index (χ4v) is 4.37. The summed E-state index contributed by atoms with van der Waals surface area (Å²) in [7, 11) is 0.400. The van der Waals surface area contributed by atoms with E-state index in [4.69, 9.17) is 24.7 Å². The van der Waals surface area contributed by atoms with Gasteiger partial charge in [0.2, 0.25) is 0 Å². The van der Waals surface area contributed by atoms with Gasteiger partial charge in [-0.05, 0) is 24.9 Å². The maximum Gasteiger partial charge on any atom is 0.502 e. The fourth-order valence-electron chi connectivity index (χ4n) is 2.07. The normalized spacial score (nSPS) is 14.3. The molecule has 0 aliphatic carbocycles. The molecule has 0 radical (unpaired) electrons. The van der Waals surface area contributed by atoms with Crippen LogP contribution in [0.2, 0.25) is 6.04 Å². The van der Waals surface area contributed by atoms with Crippen molar-refractivity contribution in [3.63, 3.8) is 0 Å². The lowest BCUT2D eigenvalue weighted by molar-refractivity contribution is -0.0208. The van der Waals surface area contributed by atoms with E-state index in [2.05, 4.69) is 0 Å². The second kappa shape index (κ2) is 9.53. The second-order valence-corrected chi connectivity index (χ2v) is 7.58. The van der Waals surface area contributed by atoms with Gasteiger partial charge in [0.25, 0.3) is 0 Å². The van der Waals surface area contributed by atoms with Crippen molar-refractivity contribution >= 4 is 21.2 Å². The van der Waals surface area contributed by atoms with Gasteiger partial charge in [-0.25, -0.2) is 0 Å². The molecule has 0 aromatic heterocycles. The first-order chi connectivity index (χ1) is 9.55. The molecule has 5 nitrogen and oxygen atoms in total. The lowest BCUT2D eigenvalue weighted by Crippen LogP contribution is -2.54. The van der Waals surface area contributed by atoms with Gasteiger partial charge in [-0.1, -0.05) is 37.3 Å². The predicted molar refractivity (Wildman–Crippen MR) is 89.2 cm³/mol. The second-order valence-electron chi connectivity index (χ2n) is 4.69. The van der Waals surface area contributed by atoms with Crippen LogP contribution in [0, 0.1) is 0 Å². The Labute approximate surface area is 134 Å². The lowest BCUT2D eigenvalue weighted by atomic mass is 10.0. The van der Waals surface area contributed by atoms with Crippen molar-refractivity contribution in [2.75, 3.05) is 20.8 Å². The topological polar surface area (TPSA) is 79.7 Å². The van der Waals surface area contributed by atoms with Crippen LogP contribution in [0.5, 0.6) is 0 Å². The first kappa shape index (κ1) is 20.5. The van der Waals surface area contributed by atoms with Gasteiger partial charge in [0.1, 0.15) is 5.72 Å². The van der Waals surface area contributed by atoms with Crippen molar-refractivity contribution < 1.29 is 13.3 Å². The average molecular weight is 335 g/mol. The summed E-state index contributed by atoms with van der Waals surface area (Å²) in [5.74, 6) is 0. The predicted octanol–water partition coefficient (Wildman–Crippen LogP) is 2.23. The molecule has 0 bridgehead atoms. The molecular formula is C14H27ClN2O3Si. The molecule has 7 heteroatoms. The summed E-state index contributed by atoms with van der Waals surface area (Å²) in [6, 6.07) is 10.4. The standard InChI is InChI=1S/C14H26N2O3Si.ClH/c1-4-14(16,13-9-6-5-7-10-13)19-20(17-2,18-3)12-8-11-15;/h5-7,9-10H,4,8,11-12,15-16H2,1-3H3;1H. The molecule has 4 N–H and O–H groups in total. The molecule has 0 saturated carbocycles. The minimum absolute atomic E-state index is 0. The van der Waals surface area contributed by atoms with Crippen molar-refractivity contribution in [1.82, 2.24) is 0 Å². The summed E-state index contributed by atoms with van der Waals surface area (Å²) in [6.07, 6.45) is 1.41. The highest BCUT2D eigenvalue weighted by molar-refractivity contribution is 6.60. The highest BCUT2D eigenvalue weighted by Crippen LogP contribution is 2.30. The van der Waals surface area contributed by atoms with E-state index in [0.29, 0.717) is 19.0 Å². The smallest absolute Gasteiger partial charge is 0.377 e. The zero-order chi connectivity index (χ0) is 15.1. The van der Waals surface area contributed by atoms with E-state index >= 15 is 0 Å². The minimum Gasteiger partial charge on any atom is -0.377 e. The van der Waals surface area contributed by atoms with Gasteiger partial charge in [-0.2, -0.15) is 0 Å². The van der Waals surface area contributed by atoms with Gasteiger partial charge in [-0.3, -0.25) is 0 Å². The van der Waals surface area contributed by atoms with E-state index < -0.39 is 14.5 Å². The van der Waals surface area contributed by atoms with Gasteiger partial charge >= 0.3 is 8.80 Å². The average Bonchev–Trinajstić information content (AvgIpc) is 2.52. The molecule has 1 aromatic carbocycles. The van der Waals surface area contributed by atoms with E-state index in [-0.39, 0.29) is 12.4 Å². The molecule has 1 aromatic rings. The Hall–Kier alpha value is -0.473. The molecule has 0 heterocycles. The van der Waals surface area contributed by atoms with Crippen molar-refractivity contribution in [1.29, 1.82) is 0 Å². The summed E-state index contributed by atoms with van der Waals surface area (Å²) >= 11 is 0. The van der Waals surface area contributed by atoms with Crippen molar-refractivity contribution in [2.24, 2.45) is 11.5 Å². The first-order valence-corrected chi connectivity index (χ1v) is 8.84. The summed E-state index contributed by atoms with van der Waals surface area (Å²) < 4.78 is 17.3. The number of halogens is 1. The summed E-state index contributed by atoms with van der Waals surface area (Å²) in [6.45, 7) is 2.56. The molecule has 0 saturated heterocycles. The van der Waals surface area contributed by atoms with E-state index in [1.165, 1.54) is 0 Å². The third-order valence-electron chi connectivity index (χ3n) is 3.43. The lowest BCUT2D eigenvalue weighted by Gasteiger charge is -2.37. The molecule has 0 aliphatic heterocycles. The summed E-state index contributed by atoms with van der Waals surface area (Å²) in [4.78, 5) is 0. The molecular weight excluding hydrogens is 308 g/mol. The van der Waals surface area contributed by atoms with Crippen molar-refractivity contribution in [2.45, 2.75) is 31.5 Å². The van der Waals surface area contributed by atoms with Gasteiger partial charge in [-0.15, -0.1) is 12.4 Å². The number of rotatable bonds is 9. The largest absolute Gasteiger partial charge is 0.502 e. The van der Waals surface area contributed by atoms with Crippen LogP contribution < -0.4 is 11.5 Å². The van der Waals surface area contributed by atoms with Gasteiger partial charge < -0.3 is 24.7 Å². The Bertz CT molecular complexity index is 393. The zero-order valence-electron chi connectivity index (χ0n) is 13.0.